The van der Waals surface area contributed by atoms with E-state index in [9.17, 15) is 18.4 Å². The van der Waals surface area contributed by atoms with Crippen LogP contribution in [0.15, 0.2) is 46.9 Å². The third kappa shape index (κ3) is 3.79. The van der Waals surface area contributed by atoms with E-state index >= 15 is 0 Å². The van der Waals surface area contributed by atoms with Gasteiger partial charge in [-0.3, -0.25) is 9.69 Å². The van der Waals surface area contributed by atoms with E-state index in [1.807, 2.05) is 0 Å². The lowest BCUT2D eigenvalue weighted by Gasteiger charge is -2.19. The Labute approximate surface area is 151 Å². The van der Waals surface area contributed by atoms with E-state index in [2.05, 4.69) is 21.2 Å². The van der Waals surface area contributed by atoms with Crippen LogP contribution in [0, 0.1) is 11.6 Å². The fourth-order valence-electron chi connectivity index (χ4n) is 2.58. The number of urea groups is 1. The van der Waals surface area contributed by atoms with Gasteiger partial charge in [0.05, 0.1) is 11.4 Å². The van der Waals surface area contributed by atoms with Gasteiger partial charge < -0.3 is 10.2 Å². The summed E-state index contributed by atoms with van der Waals surface area (Å²) in [6.07, 6.45) is 0. The van der Waals surface area contributed by atoms with Crippen LogP contribution in [0.2, 0.25) is 0 Å². The summed E-state index contributed by atoms with van der Waals surface area (Å²) in [6.45, 7) is 0.322. The number of carbonyl (C=O) groups is 2. The quantitative estimate of drug-likeness (QED) is 0.838. The van der Waals surface area contributed by atoms with E-state index in [0.717, 1.165) is 0 Å². The summed E-state index contributed by atoms with van der Waals surface area (Å²) >= 11 is 3.13. The van der Waals surface area contributed by atoms with Gasteiger partial charge in [0.2, 0.25) is 5.91 Å². The molecule has 2 aromatic rings. The Morgan fingerprint density at radius 3 is 2.60 bits per heavy atom. The molecular formula is C17H14BrF2N3O2. The SMILES string of the molecule is O=C(CN1CCN(c2ccccc2F)C1=O)Nc1ccc(Br)cc1F. The molecule has 0 saturated carbocycles. The lowest BCUT2D eigenvalue weighted by molar-refractivity contribution is -0.116. The third-order valence-electron chi connectivity index (χ3n) is 3.78. The number of hydrogen-bond acceptors (Lipinski definition) is 2. The predicted octanol–water partition coefficient (Wildman–Crippen LogP) is 3.61. The minimum Gasteiger partial charge on any atom is -0.322 e. The molecule has 1 N–H and O–H groups in total. The monoisotopic (exact) mass is 409 g/mol. The average molecular weight is 410 g/mol. The molecule has 8 heteroatoms. The fourth-order valence-corrected chi connectivity index (χ4v) is 2.91. The molecule has 1 aliphatic rings. The van der Waals surface area contributed by atoms with Crippen molar-refractivity contribution in [2.24, 2.45) is 0 Å². The summed E-state index contributed by atoms with van der Waals surface area (Å²) in [4.78, 5) is 27.0. The zero-order valence-electron chi connectivity index (χ0n) is 13.0. The molecule has 0 atom stereocenters. The van der Waals surface area contributed by atoms with Crippen LogP contribution in [0.3, 0.4) is 0 Å². The van der Waals surface area contributed by atoms with Crippen molar-refractivity contribution < 1.29 is 18.4 Å². The summed E-state index contributed by atoms with van der Waals surface area (Å²) in [5.74, 6) is -1.60. The van der Waals surface area contributed by atoms with Gasteiger partial charge in [-0.15, -0.1) is 0 Å². The summed E-state index contributed by atoms with van der Waals surface area (Å²) in [5.41, 5.74) is 0.208. The Kier molecular flexibility index (Phi) is 4.98. The molecule has 130 valence electrons. The van der Waals surface area contributed by atoms with Crippen LogP contribution in [0.5, 0.6) is 0 Å². The third-order valence-corrected chi connectivity index (χ3v) is 4.27. The van der Waals surface area contributed by atoms with E-state index < -0.39 is 23.6 Å². The smallest absolute Gasteiger partial charge is 0.322 e. The second-order valence-electron chi connectivity index (χ2n) is 5.48. The van der Waals surface area contributed by atoms with Gasteiger partial charge in [-0.2, -0.15) is 0 Å². The molecule has 2 aromatic carbocycles. The highest BCUT2D eigenvalue weighted by molar-refractivity contribution is 9.10. The summed E-state index contributed by atoms with van der Waals surface area (Å²) in [7, 11) is 0. The van der Waals surface area contributed by atoms with Crippen LogP contribution in [-0.4, -0.2) is 36.5 Å². The highest BCUT2D eigenvalue weighted by Crippen LogP contribution is 2.23. The van der Waals surface area contributed by atoms with Crippen molar-refractivity contribution in [3.05, 3.63) is 58.6 Å². The molecule has 0 aromatic heterocycles. The van der Waals surface area contributed by atoms with Crippen molar-refractivity contribution in [3.63, 3.8) is 0 Å². The lowest BCUT2D eigenvalue weighted by Crippen LogP contribution is -2.37. The van der Waals surface area contributed by atoms with E-state index in [1.54, 1.807) is 12.1 Å². The fraction of sp³-hybridized carbons (Fsp3) is 0.176. The van der Waals surface area contributed by atoms with Crippen LogP contribution in [-0.2, 0) is 4.79 Å². The van der Waals surface area contributed by atoms with Crippen molar-refractivity contribution in [3.8, 4) is 0 Å². The van der Waals surface area contributed by atoms with E-state index in [1.165, 1.54) is 40.1 Å². The molecule has 0 bridgehead atoms. The van der Waals surface area contributed by atoms with Crippen molar-refractivity contribution in [2.75, 3.05) is 29.9 Å². The average Bonchev–Trinajstić information content (AvgIpc) is 2.91. The van der Waals surface area contributed by atoms with E-state index in [4.69, 9.17) is 0 Å². The Bertz CT molecular complexity index is 831. The number of carbonyl (C=O) groups excluding carboxylic acids is 2. The Hall–Kier alpha value is -2.48. The largest absolute Gasteiger partial charge is 0.325 e. The van der Waals surface area contributed by atoms with Crippen LogP contribution >= 0.6 is 15.9 Å². The maximum Gasteiger partial charge on any atom is 0.325 e. The number of anilines is 2. The van der Waals surface area contributed by atoms with Crippen LogP contribution in [0.25, 0.3) is 0 Å². The molecule has 3 rings (SSSR count). The van der Waals surface area contributed by atoms with Crippen LogP contribution in [0.4, 0.5) is 25.0 Å². The summed E-state index contributed by atoms with van der Waals surface area (Å²) < 4.78 is 28.1. The lowest BCUT2D eigenvalue weighted by atomic mass is 10.3. The number of benzene rings is 2. The number of nitrogens with one attached hydrogen (secondary N) is 1. The molecule has 0 radical (unpaired) electrons. The van der Waals surface area contributed by atoms with E-state index in [-0.39, 0.29) is 31.0 Å². The number of nitrogens with zero attached hydrogens (tertiary/aromatic N) is 2. The van der Waals surface area contributed by atoms with Gasteiger partial charge in [0.1, 0.15) is 18.2 Å². The molecule has 1 saturated heterocycles. The Morgan fingerprint density at radius 2 is 1.88 bits per heavy atom. The molecule has 1 fully saturated rings. The van der Waals surface area contributed by atoms with E-state index in [0.29, 0.717) is 4.47 Å². The van der Waals surface area contributed by atoms with Gasteiger partial charge in [-0.05, 0) is 30.3 Å². The zero-order chi connectivity index (χ0) is 18.0. The highest BCUT2D eigenvalue weighted by Gasteiger charge is 2.32. The number of halogens is 3. The van der Waals surface area contributed by atoms with Crippen molar-refractivity contribution in [2.45, 2.75) is 0 Å². The molecule has 25 heavy (non-hydrogen) atoms. The topological polar surface area (TPSA) is 52.7 Å². The van der Waals surface area contributed by atoms with Gasteiger partial charge in [0.15, 0.2) is 0 Å². The molecule has 1 heterocycles. The molecule has 1 aliphatic heterocycles. The molecule has 0 spiro atoms. The predicted molar refractivity (Wildman–Crippen MR) is 93.4 cm³/mol. The van der Waals surface area contributed by atoms with Crippen molar-refractivity contribution in [1.29, 1.82) is 0 Å². The molecule has 0 aliphatic carbocycles. The first-order valence-electron chi connectivity index (χ1n) is 7.51. The van der Waals surface area contributed by atoms with Crippen molar-refractivity contribution in [1.82, 2.24) is 4.90 Å². The first-order valence-corrected chi connectivity index (χ1v) is 8.31. The van der Waals surface area contributed by atoms with Gasteiger partial charge in [0, 0.05) is 17.6 Å². The van der Waals surface area contributed by atoms with Gasteiger partial charge in [0.25, 0.3) is 0 Å². The standard InChI is InChI=1S/C17H14BrF2N3O2/c18-11-5-6-14(13(20)9-11)21-16(24)10-22-7-8-23(17(22)25)15-4-2-1-3-12(15)19/h1-6,9H,7-8,10H2,(H,21,24). The van der Waals surface area contributed by atoms with Gasteiger partial charge in [-0.25, -0.2) is 13.6 Å². The maximum atomic E-state index is 13.8. The number of para-hydroxylation sites is 1. The van der Waals surface area contributed by atoms with Crippen molar-refractivity contribution >= 4 is 39.2 Å². The first-order chi connectivity index (χ1) is 12.0. The minimum atomic E-state index is -0.580. The summed E-state index contributed by atoms with van der Waals surface area (Å²) in [6, 6.07) is 9.75. The molecule has 0 unspecified atom stereocenters. The van der Waals surface area contributed by atoms with Gasteiger partial charge in [-0.1, -0.05) is 28.1 Å². The maximum absolute atomic E-state index is 13.8. The number of amides is 3. The number of rotatable bonds is 4. The first kappa shape index (κ1) is 17.3. The second-order valence-corrected chi connectivity index (χ2v) is 6.40. The highest BCUT2D eigenvalue weighted by atomic mass is 79.9. The Morgan fingerprint density at radius 1 is 1.12 bits per heavy atom. The second kappa shape index (κ2) is 7.18. The van der Waals surface area contributed by atoms with Gasteiger partial charge >= 0.3 is 6.03 Å². The molecule has 3 amide bonds. The number of hydrogen-bond donors (Lipinski definition) is 1. The minimum absolute atomic E-state index is 0.0332. The zero-order valence-corrected chi connectivity index (χ0v) is 14.6. The normalized spacial score (nSPS) is 14.1. The summed E-state index contributed by atoms with van der Waals surface area (Å²) in [5, 5.41) is 2.43. The Balaban J connectivity index is 1.65. The molecular weight excluding hydrogens is 396 g/mol. The molecule has 5 nitrogen and oxygen atoms in total. The van der Waals surface area contributed by atoms with Crippen LogP contribution < -0.4 is 10.2 Å². The van der Waals surface area contributed by atoms with Crippen LogP contribution in [0.1, 0.15) is 0 Å².